The Morgan fingerprint density at radius 1 is 0.914 bits per heavy atom. The maximum absolute atomic E-state index is 13.2. The lowest BCUT2D eigenvalue weighted by Crippen LogP contribution is -2.46. The molecule has 5 N–H and O–H groups in total. The molecule has 0 saturated heterocycles. The third-order valence-corrected chi connectivity index (χ3v) is 10.0. The van der Waals surface area contributed by atoms with Gasteiger partial charge in [-0.15, -0.1) is 0 Å². The SMILES string of the molecule is COC(=O)[C@@H](CCNC(=O)C(=O)NCC1(Cn2nc(C)cc2C)CC1)NC(=O)c1ccc(Nc2nc(NC3(c4ccc(Cl)cc4)CC3)nc(OCC(F)(F)F)n2)cc1. The molecule has 6 rings (SSSR count). The molecule has 2 aromatic carbocycles. The van der Waals surface area contributed by atoms with Gasteiger partial charge in [-0.1, -0.05) is 23.7 Å². The average Bonchev–Trinajstić information content (AvgIpc) is 4.11. The summed E-state index contributed by atoms with van der Waals surface area (Å²) in [6.45, 7) is 3.07. The molecule has 2 fully saturated rings. The highest BCUT2D eigenvalue weighted by atomic mass is 35.5. The number of hydrogen-bond donors (Lipinski definition) is 5. The van der Waals surface area contributed by atoms with E-state index in [1.807, 2.05) is 36.7 Å². The molecule has 0 aliphatic heterocycles. The lowest BCUT2D eigenvalue weighted by Gasteiger charge is -2.19. The van der Waals surface area contributed by atoms with E-state index in [2.05, 4.69) is 46.6 Å². The second kappa shape index (κ2) is 17.3. The van der Waals surface area contributed by atoms with Crippen molar-refractivity contribution in [1.82, 2.24) is 40.7 Å². The maximum Gasteiger partial charge on any atom is 0.422 e. The van der Waals surface area contributed by atoms with Crippen molar-refractivity contribution in [2.24, 2.45) is 5.41 Å². The lowest BCUT2D eigenvalue weighted by molar-refractivity contribution is -0.154. The zero-order chi connectivity index (χ0) is 41.7. The molecule has 2 aromatic heterocycles. The van der Waals surface area contributed by atoms with Gasteiger partial charge in [0.2, 0.25) is 11.9 Å². The van der Waals surface area contributed by atoms with Crippen molar-refractivity contribution in [2.45, 2.75) is 70.3 Å². The number of aryl methyl sites for hydroxylation is 2. The van der Waals surface area contributed by atoms with Crippen molar-refractivity contribution < 1.29 is 41.8 Å². The molecular formula is C38H42ClF3N10O6. The van der Waals surface area contributed by atoms with Crippen molar-refractivity contribution in [3.05, 3.63) is 82.1 Å². The van der Waals surface area contributed by atoms with Gasteiger partial charge in [-0.05, 0) is 94.0 Å². The molecule has 1 atom stereocenters. The van der Waals surface area contributed by atoms with Crippen molar-refractivity contribution in [2.75, 3.05) is 37.4 Å². The summed E-state index contributed by atoms with van der Waals surface area (Å²) in [5, 5.41) is 18.9. The van der Waals surface area contributed by atoms with Crippen LogP contribution in [0.15, 0.2) is 54.6 Å². The van der Waals surface area contributed by atoms with Crippen LogP contribution >= 0.6 is 11.6 Å². The Labute approximate surface area is 336 Å². The molecule has 20 heteroatoms. The number of anilines is 3. The molecule has 0 unspecified atom stereocenters. The van der Waals surface area contributed by atoms with Gasteiger partial charge in [0, 0.05) is 47.0 Å². The van der Waals surface area contributed by atoms with Crippen LogP contribution in [0.3, 0.4) is 0 Å². The zero-order valence-electron chi connectivity index (χ0n) is 31.8. The summed E-state index contributed by atoms with van der Waals surface area (Å²) in [4.78, 5) is 63.2. The standard InChI is InChI=1S/C38H42ClF3N10O6/c1-22-18-23(2)52(51-22)20-36(13-14-36)19-44-31(55)30(54)43-17-12-28(32(56)57-3)46-29(53)24-4-10-27(11-5-24)45-33-47-34(49-35(48-33)58-21-38(40,41)42)50-37(15-16-37)25-6-8-26(39)9-7-25/h4-11,18,28H,12-17,19-21H2,1-3H3,(H,43,54)(H,44,55)(H,46,53)(H2,45,47,48,49,50)/t28-/m1/s1. The number of hydrogen-bond acceptors (Lipinski definition) is 12. The first-order chi connectivity index (χ1) is 27.5. The van der Waals surface area contributed by atoms with Gasteiger partial charge < -0.3 is 36.1 Å². The van der Waals surface area contributed by atoms with Crippen LogP contribution in [0.2, 0.25) is 5.02 Å². The lowest BCUT2D eigenvalue weighted by atomic mass is 10.1. The van der Waals surface area contributed by atoms with Crippen LogP contribution in [0.4, 0.5) is 30.8 Å². The van der Waals surface area contributed by atoms with E-state index in [9.17, 15) is 32.3 Å². The van der Waals surface area contributed by atoms with E-state index in [0.29, 0.717) is 36.6 Å². The summed E-state index contributed by atoms with van der Waals surface area (Å²) < 4.78 is 50.5. The number of nitrogens with one attached hydrogen (secondary N) is 5. The maximum atomic E-state index is 13.2. The van der Waals surface area contributed by atoms with Crippen LogP contribution in [0.1, 0.15) is 59.4 Å². The van der Waals surface area contributed by atoms with Crippen LogP contribution in [-0.4, -0.2) is 87.4 Å². The largest absolute Gasteiger partial charge is 0.467 e. The fraction of sp³-hybridized carbons (Fsp3) is 0.421. The first-order valence-corrected chi connectivity index (χ1v) is 18.7. The van der Waals surface area contributed by atoms with Crippen molar-refractivity contribution in [3.63, 3.8) is 0 Å². The summed E-state index contributed by atoms with van der Waals surface area (Å²) in [6.07, 6.45) is -1.51. The minimum absolute atomic E-state index is 0.0260. The molecule has 2 saturated carbocycles. The topological polar surface area (TPSA) is 203 Å². The summed E-state index contributed by atoms with van der Waals surface area (Å²) >= 11 is 6.04. The van der Waals surface area contributed by atoms with Gasteiger partial charge in [0.1, 0.15) is 6.04 Å². The molecule has 0 radical (unpaired) electrons. The number of nitrogens with zero attached hydrogens (tertiary/aromatic N) is 5. The van der Waals surface area contributed by atoms with E-state index < -0.39 is 54.1 Å². The van der Waals surface area contributed by atoms with Gasteiger partial charge in [0.25, 0.3) is 5.91 Å². The van der Waals surface area contributed by atoms with E-state index in [1.165, 1.54) is 24.3 Å². The minimum atomic E-state index is -4.64. The van der Waals surface area contributed by atoms with E-state index in [0.717, 1.165) is 36.9 Å². The van der Waals surface area contributed by atoms with Crippen molar-refractivity contribution in [1.29, 1.82) is 0 Å². The summed E-state index contributed by atoms with van der Waals surface area (Å²) in [5.41, 5.74) is 2.59. The number of rotatable bonds is 17. The predicted molar refractivity (Wildman–Crippen MR) is 204 cm³/mol. The number of carbonyl (C=O) groups is 4. The average molecular weight is 827 g/mol. The Balaban J connectivity index is 1.02. The van der Waals surface area contributed by atoms with Crippen LogP contribution < -0.4 is 31.3 Å². The Morgan fingerprint density at radius 3 is 2.19 bits per heavy atom. The molecule has 308 valence electrons. The predicted octanol–water partition coefficient (Wildman–Crippen LogP) is 4.50. The first kappa shape index (κ1) is 41.6. The molecule has 0 bridgehead atoms. The van der Waals surface area contributed by atoms with Crippen LogP contribution in [0.5, 0.6) is 6.01 Å². The number of carbonyl (C=O) groups excluding carboxylic acids is 4. The number of alkyl halides is 3. The number of halogens is 4. The third-order valence-electron chi connectivity index (χ3n) is 9.77. The number of amides is 3. The second-order valence-corrected chi connectivity index (χ2v) is 14.9. The fourth-order valence-electron chi connectivity index (χ4n) is 6.22. The molecule has 0 spiro atoms. The molecule has 4 aromatic rings. The Hall–Kier alpha value is -5.98. The highest BCUT2D eigenvalue weighted by Gasteiger charge is 2.46. The zero-order valence-corrected chi connectivity index (χ0v) is 32.6. The van der Waals surface area contributed by atoms with Crippen molar-refractivity contribution >= 4 is 52.9 Å². The van der Waals surface area contributed by atoms with E-state index in [1.54, 1.807) is 12.1 Å². The van der Waals surface area contributed by atoms with Crippen LogP contribution in [0.25, 0.3) is 0 Å². The van der Waals surface area contributed by atoms with Gasteiger partial charge in [-0.25, -0.2) is 4.79 Å². The Morgan fingerprint density at radius 2 is 1.59 bits per heavy atom. The third kappa shape index (κ3) is 11.1. The summed E-state index contributed by atoms with van der Waals surface area (Å²) in [5.74, 6) is -3.26. The van der Waals surface area contributed by atoms with E-state index in [4.69, 9.17) is 21.1 Å². The second-order valence-electron chi connectivity index (χ2n) is 14.4. The van der Waals surface area contributed by atoms with Gasteiger partial charge in [-0.2, -0.15) is 33.2 Å². The number of benzene rings is 2. The number of aromatic nitrogens is 5. The summed E-state index contributed by atoms with van der Waals surface area (Å²) in [7, 11) is 1.15. The summed E-state index contributed by atoms with van der Waals surface area (Å²) in [6, 6.07) is 13.2. The Kier molecular flexibility index (Phi) is 12.4. The van der Waals surface area contributed by atoms with Gasteiger partial charge in [-0.3, -0.25) is 19.1 Å². The van der Waals surface area contributed by atoms with Crippen molar-refractivity contribution in [3.8, 4) is 6.01 Å². The van der Waals surface area contributed by atoms with E-state index >= 15 is 0 Å². The monoisotopic (exact) mass is 826 g/mol. The first-order valence-electron chi connectivity index (χ1n) is 18.4. The normalized spacial score (nSPS) is 15.4. The van der Waals surface area contributed by atoms with Gasteiger partial charge in [0.05, 0.1) is 18.3 Å². The number of esters is 1. The fourth-order valence-corrected chi connectivity index (χ4v) is 6.34. The molecule has 2 aliphatic rings. The molecule has 16 nitrogen and oxygen atoms in total. The Bertz CT molecular complexity index is 2140. The highest BCUT2D eigenvalue weighted by Crippen LogP contribution is 2.48. The quantitative estimate of drug-likeness (QED) is 0.0738. The van der Waals surface area contributed by atoms with Crippen LogP contribution in [-0.2, 0) is 31.2 Å². The number of methoxy groups -OCH3 is 1. The molecule has 58 heavy (non-hydrogen) atoms. The molecular weight excluding hydrogens is 785 g/mol. The van der Waals surface area contributed by atoms with E-state index in [-0.39, 0.29) is 35.8 Å². The highest BCUT2D eigenvalue weighted by molar-refractivity contribution is 6.35. The number of ether oxygens (including phenoxy) is 2. The van der Waals surface area contributed by atoms with Gasteiger partial charge in [0.15, 0.2) is 6.61 Å². The molecule has 3 amide bonds. The molecule has 2 heterocycles. The van der Waals surface area contributed by atoms with Crippen LogP contribution in [0, 0.1) is 19.3 Å². The van der Waals surface area contributed by atoms with Gasteiger partial charge >= 0.3 is 30.0 Å². The minimum Gasteiger partial charge on any atom is -0.467 e. The molecule has 2 aliphatic carbocycles. The smallest absolute Gasteiger partial charge is 0.422 e.